The van der Waals surface area contributed by atoms with Gasteiger partial charge in [-0.1, -0.05) is 24.1 Å². The van der Waals surface area contributed by atoms with Crippen molar-refractivity contribution in [1.82, 2.24) is 0 Å². The molecule has 0 saturated heterocycles. The Labute approximate surface area is 99.4 Å². The normalized spacial score (nSPS) is 11.8. The van der Waals surface area contributed by atoms with Crippen LogP contribution in [0.2, 0.25) is 0 Å². The van der Waals surface area contributed by atoms with Gasteiger partial charge in [-0.3, -0.25) is 0 Å². The Kier molecular flexibility index (Phi) is 7.61. The monoisotopic (exact) mass is 224 g/mol. The molecule has 0 aliphatic rings. The molecule has 92 valence electrons. The van der Waals surface area contributed by atoms with E-state index in [0.29, 0.717) is 6.61 Å². The highest BCUT2D eigenvalue weighted by Gasteiger charge is 2.09. The molecule has 0 aliphatic heterocycles. The number of hydrogen-bond donors (Lipinski definition) is 0. The molecule has 0 spiro atoms. The molecular weight excluding hydrogens is 200 g/mol. The largest absolute Gasteiger partial charge is 0.463 e. The minimum atomic E-state index is -0.170. The van der Waals surface area contributed by atoms with E-state index in [0.717, 1.165) is 24.8 Å². The fourth-order valence-electron chi connectivity index (χ4n) is 1.55. The summed E-state index contributed by atoms with van der Waals surface area (Å²) in [5, 5.41) is 0. The number of hydrogen-bond acceptors (Lipinski definition) is 2. The first-order valence-corrected chi connectivity index (χ1v) is 6.02. The summed E-state index contributed by atoms with van der Waals surface area (Å²) in [7, 11) is 0. The molecule has 0 fully saturated rings. The summed E-state index contributed by atoms with van der Waals surface area (Å²) < 4.78 is 5.00. The van der Waals surface area contributed by atoms with Crippen molar-refractivity contribution in [3.8, 4) is 0 Å². The highest BCUT2D eigenvalue weighted by Crippen LogP contribution is 2.17. The molecule has 0 radical (unpaired) electrons. The van der Waals surface area contributed by atoms with Crippen LogP contribution in [0.4, 0.5) is 0 Å². The van der Waals surface area contributed by atoms with Crippen LogP contribution in [-0.4, -0.2) is 12.6 Å². The van der Waals surface area contributed by atoms with Crippen molar-refractivity contribution < 1.29 is 9.53 Å². The summed E-state index contributed by atoms with van der Waals surface area (Å²) in [4.78, 5) is 11.5. The van der Waals surface area contributed by atoms with Crippen LogP contribution >= 0.6 is 0 Å². The van der Waals surface area contributed by atoms with E-state index in [4.69, 9.17) is 4.74 Å². The molecule has 0 aromatic rings. The van der Waals surface area contributed by atoms with Crippen LogP contribution in [0.15, 0.2) is 22.8 Å². The molecule has 0 heterocycles. The van der Waals surface area contributed by atoms with Crippen LogP contribution in [0.1, 0.15) is 53.9 Å². The minimum Gasteiger partial charge on any atom is -0.463 e. The maximum absolute atomic E-state index is 11.5. The zero-order valence-corrected chi connectivity index (χ0v) is 11.2. The van der Waals surface area contributed by atoms with Gasteiger partial charge in [-0.25, -0.2) is 4.79 Å². The fraction of sp³-hybridized carbons (Fsp3) is 0.643. The summed E-state index contributed by atoms with van der Waals surface area (Å²) in [5.41, 5.74) is 3.31. The topological polar surface area (TPSA) is 26.3 Å². The summed E-state index contributed by atoms with van der Waals surface area (Å²) in [6, 6.07) is 0. The molecule has 0 atom stereocenters. The first-order chi connectivity index (χ1) is 7.52. The number of carbonyl (C=O) groups is 1. The van der Waals surface area contributed by atoms with E-state index in [1.54, 1.807) is 0 Å². The van der Waals surface area contributed by atoms with Crippen molar-refractivity contribution in [2.45, 2.75) is 53.9 Å². The highest BCUT2D eigenvalue weighted by atomic mass is 16.5. The van der Waals surface area contributed by atoms with Crippen LogP contribution < -0.4 is 0 Å². The molecule has 2 nitrogen and oxygen atoms in total. The maximum atomic E-state index is 11.5. The molecule has 16 heavy (non-hydrogen) atoms. The van der Waals surface area contributed by atoms with E-state index in [1.165, 1.54) is 11.1 Å². The van der Waals surface area contributed by atoms with E-state index < -0.39 is 0 Å². The van der Waals surface area contributed by atoms with Gasteiger partial charge in [0.1, 0.15) is 0 Å². The van der Waals surface area contributed by atoms with Gasteiger partial charge in [0, 0.05) is 5.57 Å². The molecule has 0 amide bonds. The predicted molar refractivity (Wildman–Crippen MR) is 68.3 cm³/mol. The first-order valence-electron chi connectivity index (χ1n) is 6.02. The Morgan fingerprint density at radius 1 is 1.19 bits per heavy atom. The molecule has 0 unspecified atom stereocenters. The second-order valence-electron chi connectivity index (χ2n) is 4.12. The van der Waals surface area contributed by atoms with Crippen LogP contribution in [0.5, 0.6) is 0 Å². The van der Waals surface area contributed by atoms with E-state index >= 15 is 0 Å². The molecule has 0 N–H and O–H groups in total. The third-order valence-electron chi connectivity index (χ3n) is 2.54. The third-order valence-corrected chi connectivity index (χ3v) is 2.54. The smallest absolute Gasteiger partial charge is 0.333 e. The van der Waals surface area contributed by atoms with Crippen molar-refractivity contribution in [2.24, 2.45) is 0 Å². The summed E-state index contributed by atoms with van der Waals surface area (Å²) in [6.45, 7) is 10.4. The number of rotatable bonds is 6. The molecule has 0 aromatic carbocycles. The molecule has 0 aromatic heterocycles. The van der Waals surface area contributed by atoms with Gasteiger partial charge in [0.05, 0.1) is 6.61 Å². The Balaban J connectivity index is 4.49. The summed E-state index contributed by atoms with van der Waals surface area (Å²) in [6.07, 6.45) is 5.07. The van der Waals surface area contributed by atoms with Gasteiger partial charge >= 0.3 is 5.97 Å². The van der Waals surface area contributed by atoms with Gasteiger partial charge in [-0.15, -0.1) is 0 Å². The number of ether oxygens (including phenoxy) is 1. The zero-order valence-electron chi connectivity index (χ0n) is 11.2. The van der Waals surface area contributed by atoms with Gasteiger partial charge in [0.15, 0.2) is 0 Å². The number of esters is 1. The third kappa shape index (κ3) is 5.74. The van der Waals surface area contributed by atoms with Crippen LogP contribution in [0.25, 0.3) is 0 Å². The Morgan fingerprint density at radius 2 is 1.81 bits per heavy atom. The lowest BCUT2D eigenvalue weighted by Gasteiger charge is -2.08. The Morgan fingerprint density at radius 3 is 2.25 bits per heavy atom. The Hall–Kier alpha value is -1.05. The van der Waals surface area contributed by atoms with Crippen molar-refractivity contribution in [2.75, 3.05) is 6.61 Å². The quantitative estimate of drug-likeness (QED) is 0.387. The average Bonchev–Trinajstić information content (AvgIpc) is 2.23. The average molecular weight is 224 g/mol. The minimum absolute atomic E-state index is 0.170. The lowest BCUT2D eigenvalue weighted by Crippen LogP contribution is -2.07. The molecule has 0 bridgehead atoms. The lowest BCUT2D eigenvalue weighted by atomic mass is 10.0. The maximum Gasteiger partial charge on any atom is 0.333 e. The summed E-state index contributed by atoms with van der Waals surface area (Å²) in [5.74, 6) is -0.170. The fourth-order valence-corrected chi connectivity index (χ4v) is 1.55. The van der Waals surface area contributed by atoms with Crippen LogP contribution in [-0.2, 0) is 9.53 Å². The predicted octanol–water partition coefficient (Wildman–Crippen LogP) is 4.02. The Bertz CT molecular complexity index is 281. The number of carbonyl (C=O) groups excluding carboxylic acids is 1. The standard InChI is InChI=1S/C14H24O2/c1-6-13(10-8-9-11(3)4)12(5)14(15)16-7-2/h9H,6-8,10H2,1-5H3/b13-12+. The summed E-state index contributed by atoms with van der Waals surface area (Å²) >= 11 is 0. The van der Waals surface area contributed by atoms with Crippen LogP contribution in [0, 0.1) is 0 Å². The number of allylic oxidation sites excluding steroid dienone is 3. The van der Waals surface area contributed by atoms with E-state index in [2.05, 4.69) is 26.8 Å². The van der Waals surface area contributed by atoms with Gasteiger partial charge < -0.3 is 4.74 Å². The van der Waals surface area contributed by atoms with E-state index in [-0.39, 0.29) is 5.97 Å². The second kappa shape index (κ2) is 8.14. The van der Waals surface area contributed by atoms with Crippen molar-refractivity contribution in [3.05, 3.63) is 22.8 Å². The van der Waals surface area contributed by atoms with Crippen LogP contribution in [0.3, 0.4) is 0 Å². The highest BCUT2D eigenvalue weighted by molar-refractivity contribution is 5.88. The van der Waals surface area contributed by atoms with Crippen molar-refractivity contribution in [1.29, 1.82) is 0 Å². The molecule has 0 aliphatic carbocycles. The van der Waals surface area contributed by atoms with Gasteiger partial charge in [0.2, 0.25) is 0 Å². The molecule has 0 saturated carbocycles. The zero-order chi connectivity index (χ0) is 12.6. The molecular formula is C14H24O2. The lowest BCUT2D eigenvalue weighted by molar-refractivity contribution is -0.138. The SMILES string of the molecule is CCOC(=O)/C(C)=C(\CC)CCC=C(C)C. The van der Waals surface area contributed by atoms with Gasteiger partial charge in [-0.2, -0.15) is 0 Å². The molecule has 0 rings (SSSR count). The van der Waals surface area contributed by atoms with Crippen molar-refractivity contribution in [3.63, 3.8) is 0 Å². The van der Waals surface area contributed by atoms with Crippen molar-refractivity contribution >= 4 is 5.97 Å². The molecule has 2 heteroatoms. The van der Waals surface area contributed by atoms with E-state index in [9.17, 15) is 4.79 Å². The van der Waals surface area contributed by atoms with Gasteiger partial charge in [-0.05, 0) is 47.0 Å². The van der Waals surface area contributed by atoms with E-state index in [1.807, 2.05) is 13.8 Å². The second-order valence-corrected chi connectivity index (χ2v) is 4.12. The van der Waals surface area contributed by atoms with Gasteiger partial charge in [0.25, 0.3) is 0 Å². The first kappa shape index (κ1) is 14.9.